The molecule has 2 aromatic rings. The van der Waals surface area contributed by atoms with Gasteiger partial charge in [-0.25, -0.2) is 5.48 Å². The zero-order chi connectivity index (χ0) is 15.5. The van der Waals surface area contributed by atoms with E-state index in [4.69, 9.17) is 14.8 Å². The molecule has 0 unspecified atom stereocenters. The lowest BCUT2D eigenvalue weighted by molar-refractivity contribution is -0.129. The first-order chi connectivity index (χ1) is 10.7. The van der Waals surface area contributed by atoms with Gasteiger partial charge >= 0.3 is 0 Å². The molecule has 1 aliphatic rings. The molecule has 22 heavy (non-hydrogen) atoms. The van der Waals surface area contributed by atoms with Crippen molar-refractivity contribution < 1.29 is 19.6 Å². The number of carbonyl (C=O) groups is 1. The van der Waals surface area contributed by atoms with E-state index < -0.39 is 5.91 Å². The van der Waals surface area contributed by atoms with Crippen molar-refractivity contribution in [2.75, 3.05) is 0 Å². The van der Waals surface area contributed by atoms with E-state index in [9.17, 15) is 4.79 Å². The molecule has 0 spiro atoms. The number of hydrogen-bond acceptors (Lipinski definition) is 5. The molecule has 116 valence electrons. The maximum absolute atomic E-state index is 11.1. The highest BCUT2D eigenvalue weighted by atomic mass is 16.5. The molecule has 3 N–H and O–H groups in total. The summed E-state index contributed by atoms with van der Waals surface area (Å²) < 4.78 is 5.92. The van der Waals surface area contributed by atoms with Crippen LogP contribution in [0.25, 0.3) is 11.0 Å². The van der Waals surface area contributed by atoms with Crippen LogP contribution in [0.3, 0.4) is 0 Å². The topological polar surface area (TPSA) is 95.1 Å². The molecular formula is C16H18N2O4. The third-order valence-corrected chi connectivity index (χ3v) is 4.12. The first-order valence-corrected chi connectivity index (χ1v) is 7.41. The number of nitrogens with zero attached hydrogens (tertiary/aromatic N) is 1. The first kappa shape index (κ1) is 14.6. The number of oxime groups is 1. The second-order valence-electron chi connectivity index (χ2n) is 5.50. The first-order valence-electron chi connectivity index (χ1n) is 7.41. The summed E-state index contributed by atoms with van der Waals surface area (Å²) in [6.45, 7) is 0. The van der Waals surface area contributed by atoms with Crippen molar-refractivity contribution in [3.63, 3.8) is 0 Å². The van der Waals surface area contributed by atoms with Crippen molar-refractivity contribution in [1.82, 2.24) is 5.48 Å². The minimum absolute atomic E-state index is 0.0442. The molecule has 1 heterocycles. The van der Waals surface area contributed by atoms with Gasteiger partial charge in [-0.15, -0.1) is 0 Å². The van der Waals surface area contributed by atoms with Gasteiger partial charge < -0.3 is 9.62 Å². The highest BCUT2D eigenvalue weighted by Crippen LogP contribution is 2.32. The Morgan fingerprint density at radius 3 is 2.86 bits per heavy atom. The fourth-order valence-corrected chi connectivity index (χ4v) is 2.98. The summed E-state index contributed by atoms with van der Waals surface area (Å²) in [5.74, 6) is 0.538. The monoisotopic (exact) mass is 302 g/mol. The quantitative estimate of drug-likeness (QED) is 0.350. The molecule has 1 aromatic heterocycles. The number of benzene rings is 1. The Labute approximate surface area is 127 Å². The zero-order valence-electron chi connectivity index (χ0n) is 12.1. The van der Waals surface area contributed by atoms with Gasteiger partial charge in [0.05, 0.1) is 5.71 Å². The predicted octanol–water partition coefficient (Wildman–Crippen LogP) is 2.78. The molecule has 0 radical (unpaired) electrons. The Balaban J connectivity index is 1.89. The molecule has 0 saturated carbocycles. The molecule has 6 nitrogen and oxygen atoms in total. The molecule has 0 saturated heterocycles. The molecule has 1 aliphatic carbocycles. The van der Waals surface area contributed by atoms with Crippen molar-refractivity contribution >= 4 is 22.6 Å². The molecule has 0 aliphatic heterocycles. The average Bonchev–Trinajstić information content (AvgIpc) is 2.93. The van der Waals surface area contributed by atoms with Crippen LogP contribution in [0, 0.1) is 0 Å². The number of aryl methyl sites for hydroxylation is 2. The van der Waals surface area contributed by atoms with E-state index in [0.717, 1.165) is 36.0 Å². The number of furan rings is 1. The fraction of sp³-hybridized carbons (Fsp3) is 0.375. The Kier molecular flexibility index (Phi) is 4.11. The lowest BCUT2D eigenvalue weighted by Gasteiger charge is -2.08. The van der Waals surface area contributed by atoms with Crippen LogP contribution in [0.1, 0.15) is 42.6 Å². The number of fused-ring (bicyclic) bond motifs is 3. The van der Waals surface area contributed by atoms with Gasteiger partial charge in [0, 0.05) is 35.8 Å². The minimum Gasteiger partial charge on any atom is -0.461 e. The highest BCUT2D eigenvalue weighted by Gasteiger charge is 2.18. The maximum atomic E-state index is 11.1. The van der Waals surface area contributed by atoms with Crippen LogP contribution < -0.4 is 5.48 Å². The van der Waals surface area contributed by atoms with Gasteiger partial charge in [0.2, 0.25) is 5.91 Å². The van der Waals surface area contributed by atoms with Crippen molar-refractivity contribution in [3.8, 4) is 0 Å². The average molecular weight is 302 g/mol. The lowest BCUT2D eigenvalue weighted by atomic mass is 9.95. The molecule has 6 heteroatoms. The number of nitrogens with one attached hydrogen (secondary N) is 1. The second kappa shape index (κ2) is 6.19. The summed E-state index contributed by atoms with van der Waals surface area (Å²) in [4.78, 5) is 11.1. The summed E-state index contributed by atoms with van der Waals surface area (Å²) in [5, 5.41) is 22.1. The van der Waals surface area contributed by atoms with E-state index >= 15 is 0 Å². The lowest BCUT2D eigenvalue weighted by Crippen LogP contribution is -2.19. The van der Waals surface area contributed by atoms with Crippen LogP contribution in [0.15, 0.2) is 27.8 Å². The normalized spacial score (nSPS) is 14.9. The molecular weight excluding hydrogens is 284 g/mol. The third kappa shape index (κ3) is 2.69. The number of hydroxylamine groups is 1. The van der Waals surface area contributed by atoms with E-state index in [-0.39, 0.29) is 12.8 Å². The molecule has 0 bridgehead atoms. The van der Waals surface area contributed by atoms with Crippen LogP contribution in [0.2, 0.25) is 0 Å². The van der Waals surface area contributed by atoms with Gasteiger partial charge in [0.25, 0.3) is 0 Å². The van der Waals surface area contributed by atoms with Gasteiger partial charge in [0.15, 0.2) is 0 Å². The second-order valence-corrected chi connectivity index (χ2v) is 5.50. The fourth-order valence-electron chi connectivity index (χ4n) is 2.98. The molecule has 3 rings (SSSR count). The summed E-state index contributed by atoms with van der Waals surface area (Å²) >= 11 is 0. The van der Waals surface area contributed by atoms with Crippen LogP contribution in [-0.2, 0) is 17.6 Å². The van der Waals surface area contributed by atoms with Crippen molar-refractivity contribution in [2.45, 2.75) is 38.5 Å². The summed E-state index contributed by atoms with van der Waals surface area (Å²) in [7, 11) is 0. The van der Waals surface area contributed by atoms with Gasteiger partial charge in [-0.05, 0) is 25.3 Å². The number of carbonyl (C=O) groups excluding carboxylic acids is 1. The van der Waals surface area contributed by atoms with Crippen LogP contribution in [0.5, 0.6) is 0 Å². The van der Waals surface area contributed by atoms with Crippen molar-refractivity contribution in [2.24, 2.45) is 5.16 Å². The number of hydrogen-bond donors (Lipinski definition) is 3. The summed E-state index contributed by atoms with van der Waals surface area (Å²) in [6, 6.07) is 5.70. The van der Waals surface area contributed by atoms with Crippen LogP contribution in [-0.4, -0.2) is 22.0 Å². The van der Waals surface area contributed by atoms with E-state index in [1.165, 1.54) is 12.0 Å². The SMILES string of the molecule is O=C(CC/C(=N/O)c1ccc2c3c(oc2c1)CCCC3)NO. The Bertz CT molecular complexity index is 733. The number of rotatable bonds is 4. The van der Waals surface area contributed by atoms with E-state index in [0.29, 0.717) is 11.3 Å². The molecule has 1 amide bonds. The Morgan fingerprint density at radius 2 is 2.09 bits per heavy atom. The largest absolute Gasteiger partial charge is 0.461 e. The smallest absolute Gasteiger partial charge is 0.243 e. The standard InChI is InChI=1S/C16H18N2O4/c19-16(18-21)8-7-13(17-20)10-5-6-12-11-3-1-2-4-14(11)22-15(12)9-10/h5-6,9,20-21H,1-4,7-8H2,(H,18,19)/b17-13-. The van der Waals surface area contributed by atoms with E-state index in [1.54, 1.807) is 5.48 Å². The molecule has 0 fully saturated rings. The van der Waals surface area contributed by atoms with Crippen LogP contribution in [0.4, 0.5) is 0 Å². The third-order valence-electron chi connectivity index (χ3n) is 4.12. The van der Waals surface area contributed by atoms with E-state index in [1.807, 2.05) is 18.2 Å². The molecule has 0 atom stereocenters. The summed E-state index contributed by atoms with van der Waals surface area (Å²) in [5.41, 5.74) is 4.74. The van der Waals surface area contributed by atoms with Crippen LogP contribution >= 0.6 is 0 Å². The van der Waals surface area contributed by atoms with Gasteiger partial charge in [-0.2, -0.15) is 0 Å². The minimum atomic E-state index is -0.518. The summed E-state index contributed by atoms with van der Waals surface area (Å²) in [6.07, 6.45) is 4.62. The number of amides is 1. The predicted molar refractivity (Wildman–Crippen MR) is 80.3 cm³/mol. The zero-order valence-corrected chi connectivity index (χ0v) is 12.1. The maximum Gasteiger partial charge on any atom is 0.243 e. The van der Waals surface area contributed by atoms with Crippen molar-refractivity contribution in [1.29, 1.82) is 0 Å². The van der Waals surface area contributed by atoms with Gasteiger partial charge in [-0.1, -0.05) is 17.3 Å². The molecule has 1 aromatic carbocycles. The Morgan fingerprint density at radius 1 is 1.27 bits per heavy atom. The van der Waals surface area contributed by atoms with Gasteiger partial charge in [0.1, 0.15) is 11.3 Å². The van der Waals surface area contributed by atoms with Gasteiger partial charge in [-0.3, -0.25) is 10.0 Å². The highest BCUT2D eigenvalue weighted by molar-refractivity contribution is 6.04. The van der Waals surface area contributed by atoms with E-state index in [2.05, 4.69) is 5.16 Å². The Hall–Kier alpha value is -2.34. The van der Waals surface area contributed by atoms with Crippen molar-refractivity contribution in [3.05, 3.63) is 35.1 Å².